The van der Waals surface area contributed by atoms with Gasteiger partial charge in [-0.1, -0.05) is 0 Å². The van der Waals surface area contributed by atoms with Crippen molar-refractivity contribution in [1.29, 1.82) is 0 Å². The quantitative estimate of drug-likeness (QED) is 0.941. The molecule has 2 aromatic rings. The van der Waals surface area contributed by atoms with Crippen LogP contribution < -0.4 is 10.6 Å². The summed E-state index contributed by atoms with van der Waals surface area (Å²) in [5.41, 5.74) is 8.63. The number of hydrogen-bond acceptors (Lipinski definition) is 6. The van der Waals surface area contributed by atoms with Gasteiger partial charge in [0, 0.05) is 11.9 Å². The van der Waals surface area contributed by atoms with Gasteiger partial charge in [0.2, 0.25) is 0 Å². The Hall–Kier alpha value is -1.21. The van der Waals surface area contributed by atoms with E-state index in [1.54, 1.807) is 11.3 Å². The van der Waals surface area contributed by atoms with E-state index < -0.39 is 0 Å². The van der Waals surface area contributed by atoms with Crippen molar-refractivity contribution in [2.45, 2.75) is 13.5 Å². The second kappa shape index (κ2) is 4.97. The molecule has 0 saturated heterocycles. The number of aromatic nitrogens is 3. The number of hydrogen-bond donors (Lipinski definition) is 1. The van der Waals surface area contributed by atoms with Crippen LogP contribution >= 0.6 is 27.3 Å². The van der Waals surface area contributed by atoms with Gasteiger partial charge in [-0.15, -0.1) is 11.3 Å². The highest BCUT2D eigenvalue weighted by Gasteiger charge is 2.12. The largest absolute Gasteiger partial charge is 0.383 e. The first-order valence-electron chi connectivity index (χ1n) is 4.95. The fourth-order valence-corrected chi connectivity index (χ4v) is 2.75. The minimum Gasteiger partial charge on any atom is -0.383 e. The van der Waals surface area contributed by atoms with Crippen molar-refractivity contribution in [3.8, 4) is 0 Å². The first-order valence-corrected chi connectivity index (χ1v) is 6.63. The minimum atomic E-state index is 0.447. The van der Waals surface area contributed by atoms with Crippen LogP contribution in [0.4, 0.5) is 11.6 Å². The van der Waals surface area contributed by atoms with Crippen LogP contribution in [-0.4, -0.2) is 22.0 Å². The third kappa shape index (κ3) is 2.55. The fourth-order valence-electron chi connectivity index (χ4n) is 1.41. The van der Waals surface area contributed by atoms with Crippen molar-refractivity contribution in [3.05, 3.63) is 26.9 Å². The summed E-state index contributed by atoms with van der Waals surface area (Å²) in [7, 11) is 1.96. The van der Waals surface area contributed by atoms with E-state index in [2.05, 4.69) is 30.9 Å². The predicted octanol–water partition coefficient (Wildman–Crippen LogP) is 2.22. The number of nitrogens with zero attached hydrogens (tertiary/aromatic N) is 4. The smallest absolute Gasteiger partial charge is 0.148 e. The second-order valence-corrected chi connectivity index (χ2v) is 5.35. The van der Waals surface area contributed by atoms with Gasteiger partial charge in [-0.2, -0.15) is 0 Å². The van der Waals surface area contributed by atoms with Crippen molar-refractivity contribution in [1.82, 2.24) is 15.0 Å². The molecule has 2 heterocycles. The van der Waals surface area contributed by atoms with E-state index in [1.807, 2.05) is 24.4 Å². The number of rotatable bonds is 3. The number of nitrogens with two attached hydrogens (primary N) is 1. The molecule has 0 radical (unpaired) electrons. The van der Waals surface area contributed by atoms with E-state index in [1.165, 1.54) is 11.2 Å². The molecule has 2 rings (SSSR count). The lowest BCUT2D eigenvalue weighted by Gasteiger charge is -2.19. The average molecular weight is 314 g/mol. The van der Waals surface area contributed by atoms with E-state index in [0.29, 0.717) is 5.82 Å². The van der Waals surface area contributed by atoms with Crippen LogP contribution in [0.1, 0.15) is 10.6 Å². The lowest BCUT2D eigenvalue weighted by atomic mass is 10.3. The van der Waals surface area contributed by atoms with Crippen LogP contribution in [0.25, 0.3) is 0 Å². The number of halogens is 1. The van der Waals surface area contributed by atoms with Crippen molar-refractivity contribution in [3.63, 3.8) is 0 Å². The monoisotopic (exact) mass is 313 g/mol. The van der Waals surface area contributed by atoms with E-state index in [0.717, 1.165) is 22.5 Å². The molecule has 5 nitrogen and oxygen atoms in total. The van der Waals surface area contributed by atoms with E-state index in [9.17, 15) is 0 Å². The number of thiazole rings is 1. The zero-order valence-corrected chi connectivity index (χ0v) is 11.9. The molecule has 0 bridgehead atoms. The molecule has 0 amide bonds. The van der Waals surface area contributed by atoms with Gasteiger partial charge in [0.05, 0.1) is 17.7 Å². The molecule has 0 aliphatic heterocycles. The first-order chi connectivity index (χ1) is 8.09. The summed E-state index contributed by atoms with van der Waals surface area (Å²) in [4.78, 5) is 15.6. The zero-order valence-electron chi connectivity index (χ0n) is 9.51. The Morgan fingerprint density at radius 2 is 2.18 bits per heavy atom. The van der Waals surface area contributed by atoms with Crippen molar-refractivity contribution in [2.24, 2.45) is 0 Å². The molecule has 0 unspecified atom stereocenters. The van der Waals surface area contributed by atoms with Gasteiger partial charge < -0.3 is 10.6 Å². The highest BCUT2D eigenvalue weighted by atomic mass is 79.9. The van der Waals surface area contributed by atoms with Gasteiger partial charge in [-0.05, 0) is 22.9 Å². The minimum absolute atomic E-state index is 0.447. The summed E-state index contributed by atoms with van der Waals surface area (Å²) in [5, 5.41) is 0. The molecule has 0 spiro atoms. The second-order valence-electron chi connectivity index (χ2n) is 3.61. The van der Waals surface area contributed by atoms with Gasteiger partial charge in [-0.3, -0.25) is 0 Å². The Labute approximate surface area is 112 Å². The number of anilines is 2. The van der Waals surface area contributed by atoms with E-state index in [-0.39, 0.29) is 0 Å². The Morgan fingerprint density at radius 3 is 2.82 bits per heavy atom. The van der Waals surface area contributed by atoms with Gasteiger partial charge in [0.25, 0.3) is 0 Å². The Balaban J connectivity index is 2.23. The van der Waals surface area contributed by atoms with Crippen molar-refractivity contribution < 1.29 is 0 Å². The standard InChI is InChI=1S/C10H12BrN5S/c1-6-7(17-5-15-6)3-16(2)10-8(11)9(12)13-4-14-10/h4-5H,3H2,1-2H3,(H2,12,13,14). The summed E-state index contributed by atoms with van der Waals surface area (Å²) in [5.74, 6) is 1.23. The topological polar surface area (TPSA) is 67.9 Å². The highest BCUT2D eigenvalue weighted by Crippen LogP contribution is 2.28. The summed E-state index contributed by atoms with van der Waals surface area (Å²) >= 11 is 5.04. The van der Waals surface area contributed by atoms with Gasteiger partial charge in [-0.25, -0.2) is 15.0 Å². The van der Waals surface area contributed by atoms with Crippen LogP contribution in [-0.2, 0) is 6.54 Å². The molecule has 0 fully saturated rings. The Kier molecular flexibility index (Phi) is 3.58. The number of nitrogen functional groups attached to an aromatic ring is 1. The molecule has 0 aromatic carbocycles. The van der Waals surface area contributed by atoms with Crippen LogP contribution in [0, 0.1) is 6.92 Å². The third-order valence-corrected chi connectivity index (χ3v) is 4.07. The van der Waals surface area contributed by atoms with Crippen molar-refractivity contribution >= 4 is 38.9 Å². The van der Waals surface area contributed by atoms with Gasteiger partial charge in [0.1, 0.15) is 22.4 Å². The molecule has 0 aliphatic rings. The third-order valence-electron chi connectivity index (χ3n) is 2.39. The molecule has 0 aliphatic carbocycles. The van der Waals surface area contributed by atoms with Crippen LogP contribution in [0.15, 0.2) is 16.3 Å². The maximum atomic E-state index is 5.73. The predicted molar refractivity (Wildman–Crippen MR) is 73.1 cm³/mol. The number of aryl methyl sites for hydroxylation is 1. The summed E-state index contributed by atoms with van der Waals surface area (Å²) in [6.07, 6.45) is 1.46. The summed E-state index contributed by atoms with van der Waals surface area (Å²) in [6.45, 7) is 2.76. The maximum absolute atomic E-state index is 5.73. The molecule has 17 heavy (non-hydrogen) atoms. The Bertz CT molecular complexity index is 527. The molecule has 0 saturated carbocycles. The first kappa shape index (κ1) is 12.3. The van der Waals surface area contributed by atoms with Crippen LogP contribution in [0.2, 0.25) is 0 Å². The molecular formula is C10H12BrN5S. The van der Waals surface area contributed by atoms with Gasteiger partial charge in [0.15, 0.2) is 0 Å². The highest BCUT2D eigenvalue weighted by molar-refractivity contribution is 9.10. The Morgan fingerprint density at radius 1 is 1.41 bits per heavy atom. The normalized spacial score (nSPS) is 10.5. The fraction of sp³-hybridized carbons (Fsp3) is 0.300. The lowest BCUT2D eigenvalue weighted by molar-refractivity contribution is 0.891. The van der Waals surface area contributed by atoms with Crippen LogP contribution in [0.3, 0.4) is 0 Å². The summed E-state index contributed by atoms with van der Waals surface area (Å²) < 4.78 is 0.727. The van der Waals surface area contributed by atoms with Gasteiger partial charge >= 0.3 is 0 Å². The average Bonchev–Trinajstić information content (AvgIpc) is 2.68. The molecular weight excluding hydrogens is 302 g/mol. The molecule has 2 N–H and O–H groups in total. The maximum Gasteiger partial charge on any atom is 0.148 e. The molecule has 7 heteroatoms. The van der Waals surface area contributed by atoms with E-state index in [4.69, 9.17) is 5.73 Å². The van der Waals surface area contributed by atoms with Crippen LogP contribution in [0.5, 0.6) is 0 Å². The molecule has 0 atom stereocenters. The molecule has 90 valence electrons. The molecule has 2 aromatic heterocycles. The zero-order chi connectivity index (χ0) is 12.4. The van der Waals surface area contributed by atoms with Crippen molar-refractivity contribution in [2.75, 3.05) is 17.7 Å². The van der Waals surface area contributed by atoms with E-state index >= 15 is 0 Å². The lowest BCUT2D eigenvalue weighted by Crippen LogP contribution is -2.18. The SMILES string of the molecule is Cc1ncsc1CN(C)c1ncnc(N)c1Br. The summed E-state index contributed by atoms with van der Waals surface area (Å²) in [6, 6.07) is 0.